The summed E-state index contributed by atoms with van der Waals surface area (Å²) in [6, 6.07) is 0. The van der Waals surface area contributed by atoms with Crippen LogP contribution in [-0.4, -0.2) is 0 Å². The Morgan fingerprint density at radius 3 is 2.75 bits per heavy atom. The molecule has 0 atom stereocenters. The minimum Gasteiger partial charge on any atom is -0.0810 e. The van der Waals surface area contributed by atoms with Crippen LogP contribution in [0.25, 0.3) is 0 Å². The second-order valence-corrected chi connectivity index (χ2v) is 3.21. The van der Waals surface area contributed by atoms with Gasteiger partial charge in [0.1, 0.15) is 0 Å². The van der Waals surface area contributed by atoms with E-state index in [4.69, 9.17) is 0 Å². The van der Waals surface area contributed by atoms with E-state index in [2.05, 4.69) is 38.2 Å². The third kappa shape index (κ3) is 2.69. The zero-order chi connectivity index (χ0) is 8.81. The van der Waals surface area contributed by atoms with Gasteiger partial charge >= 0.3 is 0 Å². The minimum absolute atomic E-state index is 1.16. The van der Waals surface area contributed by atoms with Gasteiger partial charge in [0.05, 0.1) is 0 Å². The van der Waals surface area contributed by atoms with Crippen LogP contribution in [0, 0.1) is 0 Å². The molecule has 0 amide bonds. The summed E-state index contributed by atoms with van der Waals surface area (Å²) < 4.78 is 0. The smallest absolute Gasteiger partial charge is 0.0282 e. The van der Waals surface area contributed by atoms with E-state index < -0.39 is 0 Å². The first-order valence-electron chi connectivity index (χ1n) is 4.92. The van der Waals surface area contributed by atoms with Crippen molar-refractivity contribution in [2.45, 2.75) is 39.5 Å². The maximum absolute atomic E-state index is 2.36. The predicted molar refractivity (Wildman–Crippen MR) is 55.1 cm³/mol. The van der Waals surface area contributed by atoms with E-state index >= 15 is 0 Å². The molecule has 0 aromatic rings. The maximum Gasteiger partial charge on any atom is -0.0282 e. The lowest BCUT2D eigenvalue weighted by Crippen LogP contribution is -1.84. The number of hydrogen-bond donors (Lipinski definition) is 0. The topological polar surface area (TPSA) is 0 Å². The molecule has 12 heavy (non-hydrogen) atoms. The molecule has 1 rings (SSSR count). The Hall–Kier alpha value is -0.780. The molecule has 0 unspecified atom stereocenters. The second kappa shape index (κ2) is 4.97. The standard InChI is InChI=1S/C12H18/c1-3-11-7-5-9-12(4-2)10-6-8-11/h5,7-9H,3-4,6,10H2,1-2H3/b7-5?,11-8?,12-9+. The summed E-state index contributed by atoms with van der Waals surface area (Å²) in [5, 5.41) is 0. The Balaban J connectivity index is 2.66. The summed E-state index contributed by atoms with van der Waals surface area (Å²) >= 11 is 0. The number of hydrogen-bond acceptors (Lipinski definition) is 0. The fourth-order valence-electron chi connectivity index (χ4n) is 1.46. The molecule has 0 saturated carbocycles. The van der Waals surface area contributed by atoms with Crippen molar-refractivity contribution < 1.29 is 0 Å². The van der Waals surface area contributed by atoms with Crippen LogP contribution in [0.4, 0.5) is 0 Å². The van der Waals surface area contributed by atoms with E-state index in [1.807, 2.05) is 0 Å². The van der Waals surface area contributed by atoms with Crippen molar-refractivity contribution in [3.05, 3.63) is 35.5 Å². The Morgan fingerprint density at radius 1 is 1.25 bits per heavy atom. The van der Waals surface area contributed by atoms with Gasteiger partial charge in [0.15, 0.2) is 0 Å². The summed E-state index contributed by atoms with van der Waals surface area (Å²) in [6.07, 6.45) is 13.9. The molecule has 0 N–H and O–H groups in total. The first-order valence-corrected chi connectivity index (χ1v) is 4.92. The van der Waals surface area contributed by atoms with E-state index in [1.54, 1.807) is 5.57 Å². The fourth-order valence-corrected chi connectivity index (χ4v) is 1.46. The third-order valence-corrected chi connectivity index (χ3v) is 2.38. The van der Waals surface area contributed by atoms with Crippen LogP contribution < -0.4 is 0 Å². The van der Waals surface area contributed by atoms with Crippen molar-refractivity contribution in [1.29, 1.82) is 0 Å². The van der Waals surface area contributed by atoms with Gasteiger partial charge < -0.3 is 0 Å². The Morgan fingerprint density at radius 2 is 2.08 bits per heavy atom. The van der Waals surface area contributed by atoms with Crippen LogP contribution in [-0.2, 0) is 0 Å². The lowest BCUT2D eigenvalue weighted by atomic mass is 10.0. The van der Waals surface area contributed by atoms with Crippen molar-refractivity contribution >= 4 is 0 Å². The number of rotatable bonds is 2. The average Bonchev–Trinajstić information content (AvgIpc) is 2.05. The van der Waals surface area contributed by atoms with Gasteiger partial charge in [0.2, 0.25) is 0 Å². The van der Waals surface area contributed by atoms with E-state index in [0.29, 0.717) is 0 Å². The van der Waals surface area contributed by atoms with Crippen molar-refractivity contribution in [3.8, 4) is 0 Å². The van der Waals surface area contributed by atoms with Crippen LogP contribution in [0.5, 0.6) is 0 Å². The Bertz CT molecular complexity index is 216. The molecule has 1 aliphatic rings. The van der Waals surface area contributed by atoms with Gasteiger partial charge in [-0.1, -0.05) is 49.3 Å². The fraction of sp³-hybridized carbons (Fsp3) is 0.500. The summed E-state index contributed by atoms with van der Waals surface area (Å²) in [4.78, 5) is 0. The molecule has 66 valence electrons. The molecule has 0 radical (unpaired) electrons. The molecule has 0 bridgehead atoms. The molecule has 0 fully saturated rings. The van der Waals surface area contributed by atoms with Gasteiger partial charge in [0, 0.05) is 0 Å². The second-order valence-electron chi connectivity index (χ2n) is 3.21. The summed E-state index contributed by atoms with van der Waals surface area (Å²) in [5.74, 6) is 0. The van der Waals surface area contributed by atoms with Crippen LogP contribution >= 0.6 is 0 Å². The molecular weight excluding hydrogens is 144 g/mol. The van der Waals surface area contributed by atoms with E-state index in [-0.39, 0.29) is 0 Å². The van der Waals surface area contributed by atoms with Crippen molar-refractivity contribution in [3.63, 3.8) is 0 Å². The highest BCUT2D eigenvalue weighted by Crippen LogP contribution is 2.15. The van der Waals surface area contributed by atoms with Gasteiger partial charge in [0.25, 0.3) is 0 Å². The quantitative estimate of drug-likeness (QED) is 0.575. The molecule has 0 spiro atoms. The SMILES string of the molecule is CCC1=CCC/C(CC)=C/C=C1. The molecule has 0 heteroatoms. The first-order chi connectivity index (χ1) is 5.86. The molecule has 0 heterocycles. The molecular formula is C12H18. The van der Waals surface area contributed by atoms with E-state index in [0.717, 1.165) is 6.42 Å². The van der Waals surface area contributed by atoms with E-state index in [9.17, 15) is 0 Å². The van der Waals surface area contributed by atoms with Crippen molar-refractivity contribution in [2.75, 3.05) is 0 Å². The highest BCUT2D eigenvalue weighted by molar-refractivity contribution is 5.26. The van der Waals surface area contributed by atoms with Crippen LogP contribution in [0.15, 0.2) is 35.5 Å². The molecule has 0 aromatic heterocycles. The predicted octanol–water partition coefficient (Wildman–Crippen LogP) is 4.01. The van der Waals surface area contributed by atoms with Gasteiger partial charge in [-0.15, -0.1) is 0 Å². The summed E-state index contributed by atoms with van der Waals surface area (Å²) in [7, 11) is 0. The molecule has 0 saturated heterocycles. The molecule has 0 nitrogen and oxygen atoms in total. The minimum atomic E-state index is 1.16. The van der Waals surface area contributed by atoms with Crippen LogP contribution in [0.1, 0.15) is 39.5 Å². The number of allylic oxidation sites excluding steroid dienone is 6. The van der Waals surface area contributed by atoms with Crippen LogP contribution in [0.2, 0.25) is 0 Å². The van der Waals surface area contributed by atoms with Gasteiger partial charge in [-0.2, -0.15) is 0 Å². The Kier molecular flexibility index (Phi) is 3.86. The Labute approximate surface area is 75.7 Å². The third-order valence-electron chi connectivity index (χ3n) is 2.38. The zero-order valence-electron chi connectivity index (χ0n) is 8.14. The summed E-state index contributed by atoms with van der Waals surface area (Å²) in [5.41, 5.74) is 3.04. The average molecular weight is 162 g/mol. The highest BCUT2D eigenvalue weighted by Gasteiger charge is 1.95. The van der Waals surface area contributed by atoms with Gasteiger partial charge in [-0.05, 0) is 25.7 Å². The normalized spacial score (nSPS) is 22.2. The molecule has 0 aromatic carbocycles. The van der Waals surface area contributed by atoms with Gasteiger partial charge in [-0.3, -0.25) is 0 Å². The van der Waals surface area contributed by atoms with Crippen LogP contribution in [0.3, 0.4) is 0 Å². The largest absolute Gasteiger partial charge is 0.0810 e. The van der Waals surface area contributed by atoms with E-state index in [1.165, 1.54) is 24.8 Å². The monoisotopic (exact) mass is 162 g/mol. The van der Waals surface area contributed by atoms with Crippen molar-refractivity contribution in [1.82, 2.24) is 0 Å². The lowest BCUT2D eigenvalue weighted by Gasteiger charge is -2.05. The molecule has 1 aliphatic carbocycles. The molecule has 0 aliphatic heterocycles. The highest BCUT2D eigenvalue weighted by atomic mass is 14.0. The lowest BCUT2D eigenvalue weighted by molar-refractivity contribution is 0.896. The van der Waals surface area contributed by atoms with Crippen molar-refractivity contribution in [2.24, 2.45) is 0 Å². The van der Waals surface area contributed by atoms with Gasteiger partial charge in [-0.25, -0.2) is 0 Å². The maximum atomic E-state index is 2.36. The zero-order valence-corrected chi connectivity index (χ0v) is 8.14. The first kappa shape index (κ1) is 9.31. The summed E-state index contributed by atoms with van der Waals surface area (Å²) in [6.45, 7) is 4.44.